The van der Waals surface area contributed by atoms with Crippen LogP contribution in [0, 0.1) is 11.8 Å². The van der Waals surface area contributed by atoms with Gasteiger partial charge in [0.25, 0.3) is 5.91 Å². The average molecular weight is 342 g/mol. The molecule has 0 bridgehead atoms. The summed E-state index contributed by atoms with van der Waals surface area (Å²) in [5.41, 5.74) is 2.54. The van der Waals surface area contributed by atoms with Crippen molar-refractivity contribution in [1.82, 2.24) is 19.8 Å². The van der Waals surface area contributed by atoms with Crippen molar-refractivity contribution in [1.29, 1.82) is 0 Å². The van der Waals surface area contributed by atoms with Gasteiger partial charge in [-0.15, -0.1) is 0 Å². The summed E-state index contributed by atoms with van der Waals surface area (Å²) >= 11 is 0. The molecule has 1 saturated carbocycles. The molecular formula is C19H26N4O2. The molecule has 6 nitrogen and oxygen atoms in total. The van der Waals surface area contributed by atoms with E-state index in [0.717, 1.165) is 42.5 Å². The third kappa shape index (κ3) is 2.93. The van der Waals surface area contributed by atoms with E-state index in [1.54, 1.807) is 13.4 Å². The number of likely N-dealkylation sites (tertiary alicyclic amines) is 1. The van der Waals surface area contributed by atoms with E-state index in [2.05, 4.69) is 29.0 Å². The Morgan fingerprint density at radius 2 is 2.04 bits per heavy atom. The first kappa shape index (κ1) is 16.5. The first-order valence-corrected chi connectivity index (χ1v) is 8.98. The van der Waals surface area contributed by atoms with Crippen LogP contribution in [-0.2, 0) is 4.74 Å². The lowest BCUT2D eigenvalue weighted by molar-refractivity contribution is -0.0209. The molecule has 1 amide bonds. The molecule has 0 unspecified atom stereocenters. The number of carbonyl (C=O) groups is 1. The van der Waals surface area contributed by atoms with Crippen LogP contribution in [0.2, 0.25) is 0 Å². The van der Waals surface area contributed by atoms with E-state index in [4.69, 9.17) is 4.74 Å². The first-order chi connectivity index (χ1) is 12.1. The van der Waals surface area contributed by atoms with Crippen molar-refractivity contribution in [3.05, 3.63) is 30.1 Å². The van der Waals surface area contributed by atoms with E-state index in [1.165, 1.54) is 0 Å². The van der Waals surface area contributed by atoms with Gasteiger partial charge in [0, 0.05) is 31.8 Å². The summed E-state index contributed by atoms with van der Waals surface area (Å²) in [6.07, 6.45) is 4.05. The lowest BCUT2D eigenvalue weighted by Gasteiger charge is -2.40. The van der Waals surface area contributed by atoms with E-state index in [0.29, 0.717) is 17.9 Å². The third-order valence-corrected chi connectivity index (χ3v) is 6.01. The number of fused-ring (bicyclic) bond motifs is 2. The first-order valence-electron chi connectivity index (χ1n) is 8.98. The van der Waals surface area contributed by atoms with Gasteiger partial charge in [0.15, 0.2) is 0 Å². The largest absolute Gasteiger partial charge is 0.380 e. The van der Waals surface area contributed by atoms with Gasteiger partial charge in [0.2, 0.25) is 0 Å². The summed E-state index contributed by atoms with van der Waals surface area (Å²) in [6.45, 7) is 1.69. The molecule has 1 saturated heterocycles. The number of amides is 1. The van der Waals surface area contributed by atoms with Gasteiger partial charge < -0.3 is 19.5 Å². The number of ether oxygens (including phenoxy) is 1. The molecule has 2 fully saturated rings. The molecule has 1 aliphatic heterocycles. The highest BCUT2D eigenvalue weighted by molar-refractivity contribution is 5.97. The number of hydrogen-bond donors (Lipinski definition) is 1. The fraction of sp³-hybridized carbons (Fsp3) is 0.579. The number of imidazole rings is 1. The second-order valence-corrected chi connectivity index (χ2v) is 7.64. The number of aromatic amines is 1. The molecule has 0 spiro atoms. The molecule has 2 heterocycles. The molecule has 1 N–H and O–H groups in total. The fourth-order valence-electron chi connectivity index (χ4n) is 4.60. The molecule has 6 heteroatoms. The number of nitrogens with one attached hydrogen (secondary N) is 1. The van der Waals surface area contributed by atoms with Crippen LogP contribution >= 0.6 is 0 Å². The number of aromatic nitrogens is 2. The SMILES string of the molecule is CO[C@@H]1C[C@H]2CN(C(=O)c3ccc4nc[nH]c4c3)C[C@H]2C[C@H]1N(C)C. The third-order valence-electron chi connectivity index (χ3n) is 6.01. The van der Waals surface area contributed by atoms with Gasteiger partial charge in [-0.1, -0.05) is 0 Å². The Kier molecular flexibility index (Phi) is 4.25. The quantitative estimate of drug-likeness (QED) is 0.927. The lowest BCUT2D eigenvalue weighted by atomic mass is 9.77. The Bertz CT molecular complexity index is 772. The maximum atomic E-state index is 13.0. The van der Waals surface area contributed by atoms with E-state index < -0.39 is 0 Å². The number of hydrogen-bond acceptors (Lipinski definition) is 4. The number of rotatable bonds is 3. The highest BCUT2D eigenvalue weighted by Crippen LogP contribution is 2.39. The van der Waals surface area contributed by atoms with Crippen LogP contribution < -0.4 is 0 Å². The molecule has 4 atom stereocenters. The zero-order valence-corrected chi connectivity index (χ0v) is 15.1. The van der Waals surface area contributed by atoms with Crippen LogP contribution in [0.15, 0.2) is 24.5 Å². The zero-order valence-electron chi connectivity index (χ0n) is 15.1. The second-order valence-electron chi connectivity index (χ2n) is 7.64. The summed E-state index contributed by atoms with van der Waals surface area (Å²) in [4.78, 5) is 24.6. The predicted molar refractivity (Wildman–Crippen MR) is 96.5 cm³/mol. The van der Waals surface area contributed by atoms with Crippen LogP contribution in [-0.4, -0.2) is 72.1 Å². The highest BCUT2D eigenvalue weighted by atomic mass is 16.5. The molecule has 2 aromatic rings. The smallest absolute Gasteiger partial charge is 0.253 e. The van der Waals surface area contributed by atoms with Crippen LogP contribution in [0.1, 0.15) is 23.2 Å². The van der Waals surface area contributed by atoms with Gasteiger partial charge in [-0.3, -0.25) is 4.79 Å². The number of methoxy groups -OCH3 is 1. The lowest BCUT2D eigenvalue weighted by Crippen LogP contribution is -2.47. The summed E-state index contributed by atoms with van der Waals surface area (Å²) in [5.74, 6) is 1.24. The van der Waals surface area contributed by atoms with Gasteiger partial charge >= 0.3 is 0 Å². The Morgan fingerprint density at radius 3 is 2.76 bits per heavy atom. The van der Waals surface area contributed by atoms with Crippen molar-refractivity contribution < 1.29 is 9.53 Å². The van der Waals surface area contributed by atoms with E-state index in [9.17, 15) is 4.79 Å². The molecule has 1 aromatic carbocycles. The summed E-state index contributed by atoms with van der Waals surface area (Å²) in [7, 11) is 6.04. The highest BCUT2D eigenvalue weighted by Gasteiger charge is 2.44. The number of likely N-dealkylation sites (N-methyl/N-ethyl adjacent to an activating group) is 1. The van der Waals surface area contributed by atoms with Crippen molar-refractivity contribution in [2.45, 2.75) is 25.0 Å². The molecule has 25 heavy (non-hydrogen) atoms. The maximum absolute atomic E-state index is 13.0. The van der Waals surface area contributed by atoms with Crippen LogP contribution in [0.5, 0.6) is 0 Å². The van der Waals surface area contributed by atoms with Gasteiger partial charge in [-0.2, -0.15) is 0 Å². The predicted octanol–water partition coefficient (Wildman–Crippen LogP) is 1.99. The van der Waals surface area contributed by atoms with Gasteiger partial charge in [-0.05, 0) is 57.0 Å². The molecule has 134 valence electrons. The van der Waals surface area contributed by atoms with Gasteiger partial charge in [-0.25, -0.2) is 4.98 Å². The minimum atomic E-state index is 0.126. The Morgan fingerprint density at radius 1 is 1.28 bits per heavy atom. The number of nitrogens with zero attached hydrogens (tertiary/aromatic N) is 3. The number of H-pyrrole nitrogens is 1. The zero-order chi connectivity index (χ0) is 17.6. The molecule has 0 radical (unpaired) electrons. The summed E-state index contributed by atoms with van der Waals surface area (Å²) < 4.78 is 5.74. The molecule has 4 rings (SSSR count). The van der Waals surface area contributed by atoms with Gasteiger partial charge in [0.1, 0.15) is 0 Å². The fourth-order valence-corrected chi connectivity index (χ4v) is 4.60. The minimum Gasteiger partial charge on any atom is -0.380 e. The standard InChI is InChI=1S/C19H26N4O2/c1-22(2)17-7-13-9-23(10-14(13)8-18(17)25-3)19(24)12-4-5-15-16(6-12)21-11-20-15/h4-6,11,13-14,17-18H,7-10H2,1-3H3,(H,20,21)/t13-,14+,17-,18-/m1/s1. The summed E-state index contributed by atoms with van der Waals surface area (Å²) in [6, 6.07) is 6.13. The van der Waals surface area contributed by atoms with Crippen molar-refractivity contribution in [3.63, 3.8) is 0 Å². The topological polar surface area (TPSA) is 61.5 Å². The Labute approximate surface area is 148 Å². The van der Waals surface area contributed by atoms with E-state index in [1.807, 2.05) is 23.1 Å². The van der Waals surface area contributed by atoms with Crippen molar-refractivity contribution in [2.75, 3.05) is 34.3 Å². The Hall–Kier alpha value is -1.92. The average Bonchev–Trinajstić information content (AvgIpc) is 3.24. The van der Waals surface area contributed by atoms with E-state index in [-0.39, 0.29) is 12.0 Å². The minimum absolute atomic E-state index is 0.126. The summed E-state index contributed by atoms with van der Waals surface area (Å²) in [5, 5.41) is 0. The van der Waals surface area contributed by atoms with Crippen LogP contribution in [0.25, 0.3) is 11.0 Å². The van der Waals surface area contributed by atoms with Crippen molar-refractivity contribution in [3.8, 4) is 0 Å². The van der Waals surface area contributed by atoms with E-state index >= 15 is 0 Å². The van der Waals surface area contributed by atoms with Crippen LogP contribution in [0.3, 0.4) is 0 Å². The van der Waals surface area contributed by atoms with Crippen molar-refractivity contribution >= 4 is 16.9 Å². The second kappa shape index (κ2) is 6.42. The molecular weight excluding hydrogens is 316 g/mol. The maximum Gasteiger partial charge on any atom is 0.253 e. The number of benzene rings is 1. The van der Waals surface area contributed by atoms with Crippen molar-refractivity contribution in [2.24, 2.45) is 11.8 Å². The molecule has 1 aliphatic carbocycles. The monoisotopic (exact) mass is 342 g/mol. The Balaban J connectivity index is 1.50. The number of carbonyl (C=O) groups excluding carboxylic acids is 1. The molecule has 1 aromatic heterocycles. The van der Waals surface area contributed by atoms with Gasteiger partial charge in [0.05, 0.1) is 23.5 Å². The normalized spacial score (nSPS) is 29.4. The van der Waals surface area contributed by atoms with Crippen LogP contribution in [0.4, 0.5) is 0 Å². The molecule has 2 aliphatic rings.